The van der Waals surface area contributed by atoms with Gasteiger partial charge in [0.25, 0.3) is 0 Å². The normalized spacial score (nSPS) is 12.5. The average Bonchev–Trinajstić information content (AvgIpc) is 2.53. The molecule has 0 radical (unpaired) electrons. The van der Waals surface area contributed by atoms with E-state index in [9.17, 15) is 4.39 Å². The molecule has 3 rings (SSSR count). The lowest BCUT2D eigenvalue weighted by Crippen LogP contribution is -2.22. The Hall–Kier alpha value is -2.26. The molecule has 2 nitrogen and oxygen atoms in total. The van der Waals surface area contributed by atoms with Crippen LogP contribution in [0.1, 0.15) is 24.1 Å². The minimum Gasteiger partial charge on any atom is -0.306 e. The van der Waals surface area contributed by atoms with Crippen molar-refractivity contribution in [1.82, 2.24) is 10.3 Å². The molecule has 1 N–H and O–H groups in total. The smallest absolute Gasteiger partial charge is 0.123 e. The van der Waals surface area contributed by atoms with E-state index in [2.05, 4.69) is 29.4 Å². The third-order valence-corrected chi connectivity index (χ3v) is 3.56. The van der Waals surface area contributed by atoms with Gasteiger partial charge in [-0.1, -0.05) is 37.3 Å². The molecule has 3 aromatic rings. The number of rotatable bonds is 4. The fraction of sp³-hybridized carbons (Fsp3) is 0.167. The monoisotopic (exact) mass is 280 g/mol. The number of benzene rings is 2. The molecule has 0 aliphatic heterocycles. The van der Waals surface area contributed by atoms with Crippen molar-refractivity contribution in [1.29, 1.82) is 0 Å². The van der Waals surface area contributed by atoms with Crippen molar-refractivity contribution in [2.45, 2.75) is 13.0 Å². The zero-order valence-electron chi connectivity index (χ0n) is 11.9. The van der Waals surface area contributed by atoms with E-state index in [1.54, 1.807) is 0 Å². The molecule has 0 aliphatic carbocycles. The fourth-order valence-corrected chi connectivity index (χ4v) is 2.53. The third-order valence-electron chi connectivity index (χ3n) is 3.56. The minimum atomic E-state index is -0.217. The maximum absolute atomic E-state index is 13.1. The molecular weight excluding hydrogens is 263 g/mol. The Morgan fingerprint density at radius 3 is 2.57 bits per heavy atom. The highest BCUT2D eigenvalue weighted by Gasteiger charge is 2.14. The van der Waals surface area contributed by atoms with Crippen molar-refractivity contribution in [2.24, 2.45) is 0 Å². The van der Waals surface area contributed by atoms with E-state index >= 15 is 0 Å². The fourth-order valence-electron chi connectivity index (χ4n) is 2.53. The van der Waals surface area contributed by atoms with Gasteiger partial charge in [-0.2, -0.15) is 0 Å². The highest BCUT2D eigenvalue weighted by atomic mass is 19.1. The molecule has 0 bridgehead atoms. The van der Waals surface area contributed by atoms with E-state index in [1.165, 1.54) is 12.1 Å². The lowest BCUT2D eigenvalue weighted by molar-refractivity contribution is 0.613. The van der Waals surface area contributed by atoms with Crippen molar-refractivity contribution in [3.05, 3.63) is 77.7 Å². The Balaban J connectivity index is 2.04. The molecule has 2 aromatic carbocycles. The molecule has 1 atom stereocenters. The largest absolute Gasteiger partial charge is 0.306 e. The Kier molecular flexibility index (Phi) is 3.93. The summed E-state index contributed by atoms with van der Waals surface area (Å²) in [6, 6.07) is 16.8. The predicted octanol–water partition coefficient (Wildman–Crippen LogP) is 4.07. The van der Waals surface area contributed by atoms with Crippen LogP contribution in [0, 0.1) is 5.82 Å². The maximum Gasteiger partial charge on any atom is 0.123 e. The highest BCUT2D eigenvalue weighted by Crippen LogP contribution is 2.24. The molecule has 0 spiro atoms. The maximum atomic E-state index is 13.1. The van der Waals surface area contributed by atoms with Gasteiger partial charge in [0.15, 0.2) is 0 Å². The molecule has 0 fully saturated rings. The highest BCUT2D eigenvalue weighted by molar-refractivity contribution is 5.78. The summed E-state index contributed by atoms with van der Waals surface area (Å²) in [4.78, 5) is 4.51. The molecule has 0 aliphatic rings. The minimum absolute atomic E-state index is 0.0210. The first-order valence-electron chi connectivity index (χ1n) is 7.11. The number of hydrogen-bond acceptors (Lipinski definition) is 2. The van der Waals surface area contributed by atoms with Crippen LogP contribution in [0.5, 0.6) is 0 Å². The second-order valence-corrected chi connectivity index (χ2v) is 5.00. The van der Waals surface area contributed by atoms with Crippen LogP contribution in [-0.2, 0) is 0 Å². The first kappa shape index (κ1) is 13.7. The SMILES string of the molecule is CCNC(c1ccc(F)cc1)c1cnc2ccccc2c1. The number of nitrogens with zero attached hydrogens (tertiary/aromatic N) is 1. The van der Waals surface area contributed by atoms with Crippen LogP contribution in [0.2, 0.25) is 0 Å². The summed E-state index contributed by atoms with van der Waals surface area (Å²) in [6.07, 6.45) is 1.89. The van der Waals surface area contributed by atoms with E-state index in [1.807, 2.05) is 36.5 Å². The zero-order chi connectivity index (χ0) is 14.7. The first-order valence-corrected chi connectivity index (χ1v) is 7.11. The van der Waals surface area contributed by atoms with Crippen LogP contribution in [-0.4, -0.2) is 11.5 Å². The van der Waals surface area contributed by atoms with Crippen LogP contribution in [0.25, 0.3) is 10.9 Å². The summed E-state index contributed by atoms with van der Waals surface area (Å²) in [5, 5.41) is 4.55. The van der Waals surface area contributed by atoms with E-state index in [0.717, 1.165) is 28.6 Å². The first-order chi connectivity index (χ1) is 10.3. The molecule has 3 heteroatoms. The quantitative estimate of drug-likeness (QED) is 0.779. The Labute approximate surface area is 123 Å². The summed E-state index contributed by atoms with van der Waals surface area (Å²) in [5.74, 6) is -0.217. The third kappa shape index (κ3) is 2.93. The van der Waals surface area contributed by atoms with Gasteiger partial charge in [0.1, 0.15) is 5.82 Å². The van der Waals surface area contributed by atoms with Crippen LogP contribution >= 0.6 is 0 Å². The van der Waals surface area contributed by atoms with Gasteiger partial charge in [0.05, 0.1) is 11.6 Å². The molecule has 0 saturated carbocycles. The van der Waals surface area contributed by atoms with Gasteiger partial charge in [-0.05, 0) is 41.9 Å². The van der Waals surface area contributed by atoms with E-state index in [-0.39, 0.29) is 11.9 Å². The van der Waals surface area contributed by atoms with Crippen LogP contribution in [0.15, 0.2) is 60.8 Å². The molecule has 1 aromatic heterocycles. The van der Waals surface area contributed by atoms with Gasteiger partial charge in [-0.25, -0.2) is 4.39 Å². The standard InChI is InChI=1S/C18H17FN2/c1-2-20-18(13-7-9-16(19)10-8-13)15-11-14-5-3-4-6-17(14)21-12-15/h3-12,18,20H,2H2,1H3. The zero-order valence-corrected chi connectivity index (χ0v) is 11.9. The summed E-state index contributed by atoms with van der Waals surface area (Å²) in [5.41, 5.74) is 3.10. The van der Waals surface area contributed by atoms with Crippen molar-refractivity contribution >= 4 is 10.9 Å². The molecule has 1 heterocycles. The second-order valence-electron chi connectivity index (χ2n) is 5.00. The van der Waals surface area contributed by atoms with Crippen LogP contribution in [0.3, 0.4) is 0 Å². The van der Waals surface area contributed by atoms with Gasteiger partial charge in [-0.3, -0.25) is 4.98 Å². The summed E-state index contributed by atoms with van der Waals surface area (Å²) < 4.78 is 13.1. The van der Waals surface area contributed by atoms with Crippen LogP contribution < -0.4 is 5.32 Å². The number of nitrogens with one attached hydrogen (secondary N) is 1. The molecule has 106 valence electrons. The predicted molar refractivity (Wildman–Crippen MR) is 83.7 cm³/mol. The van der Waals surface area contributed by atoms with E-state index < -0.39 is 0 Å². The van der Waals surface area contributed by atoms with Gasteiger partial charge >= 0.3 is 0 Å². The van der Waals surface area contributed by atoms with E-state index in [4.69, 9.17) is 0 Å². The average molecular weight is 280 g/mol. The number of aromatic nitrogens is 1. The number of fused-ring (bicyclic) bond motifs is 1. The molecular formula is C18H17FN2. The topological polar surface area (TPSA) is 24.9 Å². The van der Waals surface area contributed by atoms with Crippen molar-refractivity contribution in [3.63, 3.8) is 0 Å². The second kappa shape index (κ2) is 6.02. The van der Waals surface area contributed by atoms with Gasteiger partial charge in [0.2, 0.25) is 0 Å². The van der Waals surface area contributed by atoms with Crippen molar-refractivity contribution in [2.75, 3.05) is 6.54 Å². The lowest BCUT2D eigenvalue weighted by atomic mass is 9.99. The van der Waals surface area contributed by atoms with Crippen molar-refractivity contribution < 1.29 is 4.39 Å². The van der Waals surface area contributed by atoms with Crippen molar-refractivity contribution in [3.8, 4) is 0 Å². The lowest BCUT2D eigenvalue weighted by Gasteiger charge is -2.19. The molecule has 1 unspecified atom stereocenters. The number of para-hydroxylation sites is 1. The molecule has 0 amide bonds. The van der Waals surface area contributed by atoms with Gasteiger partial charge in [-0.15, -0.1) is 0 Å². The summed E-state index contributed by atoms with van der Waals surface area (Å²) in [7, 11) is 0. The summed E-state index contributed by atoms with van der Waals surface area (Å²) >= 11 is 0. The Morgan fingerprint density at radius 2 is 1.81 bits per heavy atom. The number of hydrogen-bond donors (Lipinski definition) is 1. The van der Waals surface area contributed by atoms with Gasteiger partial charge < -0.3 is 5.32 Å². The number of halogens is 1. The molecule has 0 saturated heterocycles. The Morgan fingerprint density at radius 1 is 1.05 bits per heavy atom. The van der Waals surface area contributed by atoms with Gasteiger partial charge in [0, 0.05) is 11.6 Å². The number of pyridine rings is 1. The summed E-state index contributed by atoms with van der Waals surface area (Å²) in [6.45, 7) is 2.89. The Bertz CT molecular complexity index is 738. The van der Waals surface area contributed by atoms with E-state index in [0.29, 0.717) is 0 Å². The molecule has 21 heavy (non-hydrogen) atoms. The van der Waals surface area contributed by atoms with Crippen LogP contribution in [0.4, 0.5) is 4.39 Å².